The zero-order chi connectivity index (χ0) is 12.7. The predicted octanol–water partition coefficient (Wildman–Crippen LogP) is 2.46. The summed E-state index contributed by atoms with van der Waals surface area (Å²) >= 11 is 1.58. The molecule has 3 rings (SSSR count). The highest BCUT2D eigenvalue weighted by molar-refractivity contribution is 7.15. The van der Waals surface area contributed by atoms with Gasteiger partial charge in [0.25, 0.3) is 0 Å². The molecule has 3 aromatic heterocycles. The van der Waals surface area contributed by atoms with Crippen molar-refractivity contribution >= 4 is 23.0 Å². The molecule has 0 saturated heterocycles. The van der Waals surface area contributed by atoms with Crippen molar-refractivity contribution in [2.45, 2.75) is 6.92 Å². The predicted molar refractivity (Wildman–Crippen MR) is 68.0 cm³/mol. The Morgan fingerprint density at radius 3 is 2.89 bits per heavy atom. The van der Waals surface area contributed by atoms with Crippen LogP contribution in [0.4, 0.5) is 0 Å². The van der Waals surface area contributed by atoms with Crippen molar-refractivity contribution in [3.8, 4) is 10.7 Å². The Morgan fingerprint density at radius 2 is 2.22 bits per heavy atom. The number of thiophene rings is 1. The molecule has 90 valence electrons. The minimum absolute atomic E-state index is 0.157. The molecule has 0 fully saturated rings. The van der Waals surface area contributed by atoms with Gasteiger partial charge in [-0.1, -0.05) is 0 Å². The fourth-order valence-corrected chi connectivity index (χ4v) is 2.53. The molecule has 0 saturated carbocycles. The Balaban J connectivity index is 2.22. The number of carbonyl (C=O) groups is 1. The Morgan fingerprint density at radius 1 is 1.39 bits per heavy atom. The third-order valence-electron chi connectivity index (χ3n) is 2.55. The standard InChI is InChI=1S/C12H9N3O2S/c1-7-4-5-9(18-7)10-13-11-8(12(16)17)3-2-6-15(11)14-10/h2-6H,1H3,(H,16,17). The number of pyridine rings is 1. The molecule has 0 aromatic carbocycles. The lowest BCUT2D eigenvalue weighted by Gasteiger charge is -1.94. The normalized spacial score (nSPS) is 10.9. The third kappa shape index (κ3) is 1.67. The highest BCUT2D eigenvalue weighted by Crippen LogP contribution is 2.25. The lowest BCUT2D eigenvalue weighted by atomic mass is 10.3. The zero-order valence-corrected chi connectivity index (χ0v) is 10.3. The lowest BCUT2D eigenvalue weighted by Crippen LogP contribution is -2.00. The maximum atomic E-state index is 11.1. The van der Waals surface area contributed by atoms with Crippen molar-refractivity contribution < 1.29 is 9.90 Å². The van der Waals surface area contributed by atoms with Gasteiger partial charge in [-0.2, -0.15) is 0 Å². The summed E-state index contributed by atoms with van der Waals surface area (Å²) < 4.78 is 1.49. The lowest BCUT2D eigenvalue weighted by molar-refractivity contribution is 0.0698. The van der Waals surface area contributed by atoms with E-state index in [4.69, 9.17) is 5.11 Å². The molecule has 0 aliphatic rings. The molecular formula is C12H9N3O2S. The summed E-state index contributed by atoms with van der Waals surface area (Å²) in [6.07, 6.45) is 1.69. The topological polar surface area (TPSA) is 67.5 Å². The molecule has 0 spiro atoms. The van der Waals surface area contributed by atoms with Gasteiger partial charge in [-0.05, 0) is 31.2 Å². The number of carboxylic acids is 1. The molecule has 18 heavy (non-hydrogen) atoms. The molecule has 0 unspecified atom stereocenters. The fraction of sp³-hybridized carbons (Fsp3) is 0.0833. The van der Waals surface area contributed by atoms with Crippen LogP contribution in [0, 0.1) is 6.92 Å². The van der Waals surface area contributed by atoms with Gasteiger partial charge in [-0.3, -0.25) is 0 Å². The minimum atomic E-state index is -0.998. The first kappa shape index (κ1) is 10.9. The van der Waals surface area contributed by atoms with E-state index in [1.807, 2.05) is 19.1 Å². The molecule has 0 aliphatic heterocycles. The molecule has 3 aromatic rings. The number of nitrogens with zero attached hydrogens (tertiary/aromatic N) is 3. The SMILES string of the molecule is Cc1ccc(-c2nc3c(C(=O)O)cccn3n2)s1. The average Bonchev–Trinajstić information content (AvgIpc) is 2.93. The van der Waals surface area contributed by atoms with Gasteiger partial charge in [0.2, 0.25) is 0 Å². The second kappa shape index (κ2) is 3.92. The largest absolute Gasteiger partial charge is 0.478 e. The van der Waals surface area contributed by atoms with Crippen LogP contribution >= 0.6 is 11.3 Å². The summed E-state index contributed by atoms with van der Waals surface area (Å²) in [6.45, 7) is 2.01. The van der Waals surface area contributed by atoms with Gasteiger partial charge in [0.15, 0.2) is 11.5 Å². The number of carboxylic acid groups (broad SMARTS) is 1. The van der Waals surface area contributed by atoms with E-state index in [1.54, 1.807) is 23.6 Å². The highest BCUT2D eigenvalue weighted by Gasteiger charge is 2.14. The summed E-state index contributed by atoms with van der Waals surface area (Å²) in [5.41, 5.74) is 0.524. The number of hydrogen-bond donors (Lipinski definition) is 1. The van der Waals surface area contributed by atoms with Crippen molar-refractivity contribution in [2.75, 3.05) is 0 Å². The molecule has 0 amide bonds. The van der Waals surface area contributed by atoms with Crippen LogP contribution in [0.3, 0.4) is 0 Å². The first-order valence-corrected chi connectivity index (χ1v) is 6.12. The van der Waals surface area contributed by atoms with Crippen LogP contribution in [-0.4, -0.2) is 25.7 Å². The van der Waals surface area contributed by atoms with E-state index in [9.17, 15) is 4.79 Å². The van der Waals surface area contributed by atoms with Gasteiger partial charge in [0.1, 0.15) is 5.56 Å². The van der Waals surface area contributed by atoms with E-state index in [0.717, 1.165) is 4.88 Å². The number of aryl methyl sites for hydroxylation is 1. The number of fused-ring (bicyclic) bond motifs is 1. The molecule has 0 radical (unpaired) electrons. The van der Waals surface area contributed by atoms with Crippen molar-refractivity contribution in [3.63, 3.8) is 0 Å². The summed E-state index contributed by atoms with van der Waals surface area (Å²) in [5, 5.41) is 13.4. The number of aromatic carboxylic acids is 1. The van der Waals surface area contributed by atoms with Crippen LogP contribution in [0.1, 0.15) is 15.2 Å². The fourth-order valence-electron chi connectivity index (χ4n) is 1.73. The van der Waals surface area contributed by atoms with Gasteiger partial charge in [0.05, 0.1) is 4.88 Å². The number of aromatic nitrogens is 3. The first-order valence-electron chi connectivity index (χ1n) is 5.30. The van der Waals surface area contributed by atoms with Gasteiger partial charge in [-0.25, -0.2) is 14.3 Å². The second-order valence-corrected chi connectivity index (χ2v) is 5.13. The maximum absolute atomic E-state index is 11.1. The van der Waals surface area contributed by atoms with Crippen LogP contribution in [0.25, 0.3) is 16.3 Å². The van der Waals surface area contributed by atoms with Crippen LogP contribution in [0.5, 0.6) is 0 Å². The van der Waals surface area contributed by atoms with Crippen molar-refractivity contribution in [3.05, 3.63) is 40.9 Å². The van der Waals surface area contributed by atoms with E-state index in [2.05, 4.69) is 10.1 Å². The average molecular weight is 259 g/mol. The zero-order valence-electron chi connectivity index (χ0n) is 9.49. The highest BCUT2D eigenvalue weighted by atomic mass is 32.1. The molecule has 0 atom stereocenters. The van der Waals surface area contributed by atoms with E-state index in [-0.39, 0.29) is 5.56 Å². The van der Waals surface area contributed by atoms with E-state index in [0.29, 0.717) is 11.5 Å². The minimum Gasteiger partial charge on any atom is -0.478 e. The monoisotopic (exact) mass is 259 g/mol. The molecule has 5 nitrogen and oxygen atoms in total. The number of rotatable bonds is 2. The van der Waals surface area contributed by atoms with Gasteiger partial charge in [0, 0.05) is 11.1 Å². The Bertz CT molecular complexity index is 745. The van der Waals surface area contributed by atoms with E-state index >= 15 is 0 Å². The third-order valence-corrected chi connectivity index (χ3v) is 3.55. The van der Waals surface area contributed by atoms with Gasteiger partial charge in [-0.15, -0.1) is 16.4 Å². The summed E-state index contributed by atoms with van der Waals surface area (Å²) in [4.78, 5) is 17.5. The van der Waals surface area contributed by atoms with Crippen LogP contribution in [-0.2, 0) is 0 Å². The first-order chi connectivity index (χ1) is 8.65. The van der Waals surface area contributed by atoms with Crippen molar-refractivity contribution in [2.24, 2.45) is 0 Å². The quantitative estimate of drug-likeness (QED) is 0.767. The molecule has 0 aliphatic carbocycles. The van der Waals surface area contributed by atoms with E-state index in [1.165, 1.54) is 15.5 Å². The maximum Gasteiger partial charge on any atom is 0.339 e. The van der Waals surface area contributed by atoms with Crippen LogP contribution in [0.15, 0.2) is 30.5 Å². The summed E-state index contributed by atoms with van der Waals surface area (Å²) in [6, 6.07) is 7.10. The van der Waals surface area contributed by atoms with Gasteiger partial charge >= 0.3 is 5.97 Å². The van der Waals surface area contributed by atoms with Crippen molar-refractivity contribution in [1.29, 1.82) is 0 Å². The molecule has 6 heteroatoms. The summed E-state index contributed by atoms with van der Waals surface area (Å²) in [5.74, 6) is -0.441. The smallest absolute Gasteiger partial charge is 0.339 e. The van der Waals surface area contributed by atoms with Crippen LogP contribution in [0.2, 0.25) is 0 Å². The number of hydrogen-bond acceptors (Lipinski definition) is 4. The Kier molecular flexibility index (Phi) is 2.38. The van der Waals surface area contributed by atoms with Crippen molar-refractivity contribution in [1.82, 2.24) is 14.6 Å². The van der Waals surface area contributed by atoms with Gasteiger partial charge < -0.3 is 5.11 Å². The van der Waals surface area contributed by atoms with Crippen LogP contribution < -0.4 is 0 Å². The molecule has 1 N–H and O–H groups in total. The molecular weight excluding hydrogens is 250 g/mol. The summed E-state index contributed by atoms with van der Waals surface area (Å²) in [7, 11) is 0. The molecule has 3 heterocycles. The van der Waals surface area contributed by atoms with E-state index < -0.39 is 5.97 Å². The second-order valence-electron chi connectivity index (χ2n) is 3.84. The Hall–Kier alpha value is -2.21. The molecule has 0 bridgehead atoms. The Labute approximate surface area is 106 Å².